The van der Waals surface area contributed by atoms with Crippen molar-refractivity contribution in [1.29, 1.82) is 0 Å². The summed E-state index contributed by atoms with van der Waals surface area (Å²) in [5.74, 6) is 1.06. The summed E-state index contributed by atoms with van der Waals surface area (Å²) >= 11 is 0. The summed E-state index contributed by atoms with van der Waals surface area (Å²) in [6.07, 6.45) is 10.3. The monoisotopic (exact) mass is 235 g/mol. The van der Waals surface area contributed by atoms with Gasteiger partial charge in [-0.15, -0.1) is 0 Å². The van der Waals surface area contributed by atoms with Gasteiger partial charge in [-0.1, -0.05) is 25.7 Å². The number of rotatable bonds is 3. The zero-order valence-corrected chi connectivity index (χ0v) is 11.4. The van der Waals surface area contributed by atoms with E-state index in [2.05, 4.69) is 41.8 Å². The van der Waals surface area contributed by atoms with Gasteiger partial charge in [0.2, 0.25) is 5.95 Å². The highest BCUT2D eigenvalue weighted by Gasteiger charge is 2.15. The number of aryl methyl sites for hydroxylation is 1. The Bertz CT molecular complexity index is 346. The van der Waals surface area contributed by atoms with Crippen molar-refractivity contribution in [3.63, 3.8) is 0 Å². The van der Waals surface area contributed by atoms with E-state index < -0.39 is 0 Å². The van der Waals surface area contributed by atoms with Crippen LogP contribution in [0.3, 0.4) is 0 Å². The highest BCUT2D eigenvalue weighted by molar-refractivity contribution is 5.31. The fourth-order valence-corrected chi connectivity index (χ4v) is 2.62. The Morgan fingerprint density at radius 1 is 1.24 bits per heavy atom. The first-order valence-electron chi connectivity index (χ1n) is 6.99. The smallest absolute Gasteiger partial charge is 0.203 e. The summed E-state index contributed by atoms with van der Waals surface area (Å²) in [4.78, 5) is 4.61. The summed E-state index contributed by atoms with van der Waals surface area (Å²) < 4.78 is 2.25. The summed E-state index contributed by atoms with van der Waals surface area (Å²) in [7, 11) is 0. The van der Waals surface area contributed by atoms with Crippen LogP contribution >= 0.6 is 0 Å². The zero-order chi connectivity index (χ0) is 12.3. The predicted octanol–water partition coefficient (Wildman–Crippen LogP) is 3.91. The largest absolute Gasteiger partial charge is 0.353 e. The van der Waals surface area contributed by atoms with Gasteiger partial charge in [0, 0.05) is 18.3 Å². The van der Waals surface area contributed by atoms with Gasteiger partial charge in [0.25, 0.3) is 0 Å². The van der Waals surface area contributed by atoms with E-state index in [-0.39, 0.29) is 0 Å². The van der Waals surface area contributed by atoms with E-state index in [1.54, 1.807) is 0 Å². The first-order valence-corrected chi connectivity index (χ1v) is 6.99. The lowest BCUT2D eigenvalue weighted by atomic mass is 10.1. The van der Waals surface area contributed by atoms with E-state index in [0.717, 1.165) is 11.6 Å². The van der Waals surface area contributed by atoms with Crippen molar-refractivity contribution in [2.45, 2.75) is 71.4 Å². The van der Waals surface area contributed by atoms with Crippen LogP contribution in [0.25, 0.3) is 0 Å². The third-order valence-corrected chi connectivity index (χ3v) is 3.60. The van der Waals surface area contributed by atoms with Gasteiger partial charge in [0.1, 0.15) is 0 Å². The Balaban J connectivity index is 2.06. The van der Waals surface area contributed by atoms with E-state index in [1.165, 1.54) is 38.5 Å². The van der Waals surface area contributed by atoms with E-state index in [1.807, 2.05) is 0 Å². The molecule has 1 fully saturated rings. The average Bonchev–Trinajstić information content (AvgIpc) is 2.50. The second-order valence-electron chi connectivity index (χ2n) is 5.54. The molecular weight excluding hydrogens is 210 g/mol. The first kappa shape index (κ1) is 12.5. The fraction of sp³-hybridized carbons (Fsp3) is 0.786. The number of hydrogen-bond acceptors (Lipinski definition) is 2. The lowest BCUT2D eigenvalue weighted by Crippen LogP contribution is -2.21. The minimum atomic E-state index is 0.476. The van der Waals surface area contributed by atoms with Gasteiger partial charge >= 0.3 is 0 Å². The third kappa shape index (κ3) is 3.24. The molecule has 96 valence electrons. The van der Waals surface area contributed by atoms with Gasteiger partial charge in [0.15, 0.2) is 0 Å². The Morgan fingerprint density at radius 2 is 1.88 bits per heavy atom. The minimum Gasteiger partial charge on any atom is -0.353 e. The van der Waals surface area contributed by atoms with Crippen molar-refractivity contribution in [2.75, 3.05) is 5.32 Å². The van der Waals surface area contributed by atoms with Crippen LogP contribution in [0.15, 0.2) is 6.20 Å². The third-order valence-electron chi connectivity index (χ3n) is 3.60. The summed E-state index contributed by atoms with van der Waals surface area (Å²) in [5.41, 5.74) is 1.11. The predicted molar refractivity (Wildman–Crippen MR) is 72.5 cm³/mol. The van der Waals surface area contributed by atoms with Gasteiger partial charge in [-0.05, 0) is 33.6 Å². The highest BCUT2D eigenvalue weighted by atomic mass is 15.2. The van der Waals surface area contributed by atoms with Crippen LogP contribution < -0.4 is 5.32 Å². The molecule has 1 aliphatic carbocycles. The molecule has 3 nitrogen and oxygen atoms in total. The zero-order valence-electron chi connectivity index (χ0n) is 11.4. The number of nitrogens with zero attached hydrogens (tertiary/aromatic N) is 2. The van der Waals surface area contributed by atoms with Crippen LogP contribution in [-0.2, 0) is 0 Å². The normalized spacial score (nSPS) is 18.4. The van der Waals surface area contributed by atoms with E-state index in [9.17, 15) is 0 Å². The minimum absolute atomic E-state index is 0.476. The number of aromatic nitrogens is 2. The SMILES string of the molecule is Cc1cn(C(C)C)c(NC2CCCCCC2)n1. The molecule has 0 spiro atoms. The number of nitrogens with one attached hydrogen (secondary N) is 1. The summed E-state index contributed by atoms with van der Waals surface area (Å²) in [6.45, 7) is 6.48. The van der Waals surface area contributed by atoms with E-state index in [0.29, 0.717) is 12.1 Å². The Labute approximate surface area is 105 Å². The molecule has 2 rings (SSSR count). The van der Waals surface area contributed by atoms with E-state index in [4.69, 9.17) is 0 Å². The summed E-state index contributed by atoms with van der Waals surface area (Å²) in [5, 5.41) is 3.64. The average molecular weight is 235 g/mol. The second kappa shape index (κ2) is 5.56. The molecule has 1 aliphatic rings. The van der Waals surface area contributed by atoms with Crippen LogP contribution in [0.5, 0.6) is 0 Å². The molecule has 0 unspecified atom stereocenters. The highest BCUT2D eigenvalue weighted by Crippen LogP contribution is 2.22. The fourth-order valence-electron chi connectivity index (χ4n) is 2.62. The molecule has 0 aliphatic heterocycles. The first-order chi connectivity index (χ1) is 8.16. The maximum atomic E-state index is 4.61. The molecule has 0 radical (unpaired) electrons. The topological polar surface area (TPSA) is 29.9 Å². The van der Waals surface area contributed by atoms with Crippen molar-refractivity contribution >= 4 is 5.95 Å². The Morgan fingerprint density at radius 3 is 2.47 bits per heavy atom. The second-order valence-corrected chi connectivity index (χ2v) is 5.54. The molecule has 0 bridgehead atoms. The molecule has 1 aromatic heterocycles. The maximum Gasteiger partial charge on any atom is 0.203 e. The molecule has 0 aromatic carbocycles. The van der Waals surface area contributed by atoms with Crippen molar-refractivity contribution < 1.29 is 0 Å². The molecule has 0 saturated heterocycles. The summed E-state index contributed by atoms with van der Waals surface area (Å²) in [6, 6.07) is 1.10. The van der Waals surface area contributed by atoms with E-state index >= 15 is 0 Å². The van der Waals surface area contributed by atoms with Gasteiger partial charge in [-0.2, -0.15) is 0 Å². The Kier molecular flexibility index (Phi) is 4.08. The van der Waals surface area contributed by atoms with Crippen LogP contribution in [0.2, 0.25) is 0 Å². The molecule has 1 saturated carbocycles. The Hall–Kier alpha value is -0.990. The van der Waals surface area contributed by atoms with Gasteiger partial charge < -0.3 is 9.88 Å². The quantitative estimate of drug-likeness (QED) is 0.805. The maximum absolute atomic E-state index is 4.61. The number of hydrogen-bond donors (Lipinski definition) is 1. The lowest BCUT2D eigenvalue weighted by Gasteiger charge is -2.19. The molecule has 17 heavy (non-hydrogen) atoms. The molecule has 1 N–H and O–H groups in total. The standard InChI is InChI=1S/C14H25N3/c1-11(2)17-10-12(3)15-14(17)16-13-8-6-4-5-7-9-13/h10-11,13H,4-9H2,1-3H3,(H,15,16). The van der Waals surface area contributed by atoms with Crippen molar-refractivity contribution in [2.24, 2.45) is 0 Å². The van der Waals surface area contributed by atoms with Crippen molar-refractivity contribution in [1.82, 2.24) is 9.55 Å². The number of imidazole rings is 1. The van der Waals surface area contributed by atoms with Gasteiger partial charge in [-0.3, -0.25) is 0 Å². The van der Waals surface area contributed by atoms with Gasteiger partial charge in [-0.25, -0.2) is 4.98 Å². The molecule has 1 aromatic rings. The molecular formula is C14H25N3. The van der Waals surface area contributed by atoms with Gasteiger partial charge in [0.05, 0.1) is 5.69 Å². The van der Waals surface area contributed by atoms with Crippen molar-refractivity contribution in [3.8, 4) is 0 Å². The van der Waals surface area contributed by atoms with Crippen LogP contribution in [-0.4, -0.2) is 15.6 Å². The van der Waals surface area contributed by atoms with Crippen molar-refractivity contribution in [3.05, 3.63) is 11.9 Å². The molecule has 3 heteroatoms. The number of anilines is 1. The van der Waals surface area contributed by atoms with Crippen LogP contribution in [0.4, 0.5) is 5.95 Å². The molecule has 0 amide bonds. The molecule has 0 atom stereocenters. The molecule has 1 heterocycles. The van der Waals surface area contributed by atoms with Crippen LogP contribution in [0, 0.1) is 6.92 Å². The van der Waals surface area contributed by atoms with Crippen LogP contribution in [0.1, 0.15) is 64.1 Å². The lowest BCUT2D eigenvalue weighted by molar-refractivity contribution is 0.574.